The molecule has 0 fully saturated rings. The molecule has 4 heteroatoms. The molecule has 0 aliphatic rings. The van der Waals surface area contributed by atoms with Gasteiger partial charge in [0.2, 0.25) is 0 Å². The SMILES string of the molecule is CC(CCl)Nc1ccn(C)c(=O)c1. The first-order valence-electron chi connectivity index (χ1n) is 4.12. The summed E-state index contributed by atoms with van der Waals surface area (Å²) in [7, 11) is 1.72. The number of halogens is 1. The molecule has 72 valence electrons. The van der Waals surface area contributed by atoms with Crippen LogP contribution < -0.4 is 10.9 Å². The van der Waals surface area contributed by atoms with Gasteiger partial charge < -0.3 is 9.88 Å². The van der Waals surface area contributed by atoms with Gasteiger partial charge in [0, 0.05) is 36.9 Å². The maximum atomic E-state index is 11.2. The summed E-state index contributed by atoms with van der Waals surface area (Å²) >= 11 is 5.63. The number of anilines is 1. The molecule has 1 aromatic heterocycles. The summed E-state index contributed by atoms with van der Waals surface area (Å²) in [6.45, 7) is 1.96. The van der Waals surface area contributed by atoms with Crippen LogP contribution in [0.15, 0.2) is 23.1 Å². The van der Waals surface area contributed by atoms with Crippen molar-refractivity contribution >= 4 is 17.3 Å². The van der Waals surface area contributed by atoms with Crippen molar-refractivity contribution in [3.05, 3.63) is 28.7 Å². The molecule has 0 saturated heterocycles. The van der Waals surface area contributed by atoms with Gasteiger partial charge in [0.05, 0.1) is 0 Å². The summed E-state index contributed by atoms with van der Waals surface area (Å²) in [5.74, 6) is 0.523. The standard InChI is InChI=1S/C9H13ClN2O/c1-7(6-10)11-8-3-4-12(2)9(13)5-8/h3-5,7,11H,6H2,1-2H3. The first-order chi connectivity index (χ1) is 6.13. The molecule has 1 rings (SSSR count). The minimum absolute atomic E-state index is 0.0215. The Kier molecular flexibility index (Phi) is 3.37. The normalized spacial score (nSPS) is 12.5. The number of hydrogen-bond donors (Lipinski definition) is 1. The van der Waals surface area contributed by atoms with E-state index in [0.29, 0.717) is 5.88 Å². The fourth-order valence-corrected chi connectivity index (χ4v) is 1.04. The Morgan fingerprint density at radius 3 is 2.92 bits per heavy atom. The highest BCUT2D eigenvalue weighted by Gasteiger charge is 2.00. The quantitative estimate of drug-likeness (QED) is 0.749. The lowest BCUT2D eigenvalue weighted by atomic mass is 10.3. The van der Waals surface area contributed by atoms with Gasteiger partial charge in [-0.2, -0.15) is 0 Å². The molecule has 0 aromatic carbocycles. The number of aromatic nitrogens is 1. The first-order valence-corrected chi connectivity index (χ1v) is 4.66. The molecular formula is C9H13ClN2O. The molecule has 0 spiro atoms. The third-order valence-electron chi connectivity index (χ3n) is 1.75. The van der Waals surface area contributed by atoms with Gasteiger partial charge in [-0.05, 0) is 13.0 Å². The topological polar surface area (TPSA) is 34.0 Å². The molecule has 0 saturated carbocycles. The fraction of sp³-hybridized carbons (Fsp3) is 0.444. The van der Waals surface area contributed by atoms with Crippen molar-refractivity contribution in [2.24, 2.45) is 7.05 Å². The minimum Gasteiger partial charge on any atom is -0.381 e. The van der Waals surface area contributed by atoms with E-state index in [-0.39, 0.29) is 11.6 Å². The van der Waals surface area contributed by atoms with E-state index < -0.39 is 0 Å². The third-order valence-corrected chi connectivity index (χ3v) is 2.21. The summed E-state index contributed by atoms with van der Waals surface area (Å²) in [5, 5.41) is 3.11. The molecule has 1 N–H and O–H groups in total. The minimum atomic E-state index is -0.0215. The molecule has 0 aliphatic heterocycles. The lowest BCUT2D eigenvalue weighted by molar-refractivity contribution is 0.852. The van der Waals surface area contributed by atoms with Crippen LogP contribution in [0.4, 0.5) is 5.69 Å². The van der Waals surface area contributed by atoms with Gasteiger partial charge in [-0.3, -0.25) is 4.79 Å². The summed E-state index contributed by atoms with van der Waals surface area (Å²) < 4.78 is 1.52. The fourth-order valence-electron chi connectivity index (χ4n) is 0.961. The second-order valence-corrected chi connectivity index (χ2v) is 3.37. The van der Waals surface area contributed by atoms with Gasteiger partial charge in [0.25, 0.3) is 5.56 Å². The van der Waals surface area contributed by atoms with Crippen LogP contribution in [0.5, 0.6) is 0 Å². The highest BCUT2D eigenvalue weighted by Crippen LogP contribution is 2.04. The highest BCUT2D eigenvalue weighted by molar-refractivity contribution is 6.18. The van der Waals surface area contributed by atoms with Gasteiger partial charge >= 0.3 is 0 Å². The van der Waals surface area contributed by atoms with Gasteiger partial charge in [0.15, 0.2) is 0 Å². The Hall–Kier alpha value is -0.960. The number of aryl methyl sites for hydroxylation is 1. The van der Waals surface area contributed by atoms with Crippen molar-refractivity contribution in [3.8, 4) is 0 Å². The Labute approximate surface area is 82.3 Å². The number of pyridine rings is 1. The van der Waals surface area contributed by atoms with Crippen LogP contribution in [-0.2, 0) is 7.05 Å². The lowest BCUT2D eigenvalue weighted by Crippen LogP contribution is -2.20. The molecule has 1 heterocycles. The zero-order chi connectivity index (χ0) is 9.84. The number of hydrogen-bond acceptors (Lipinski definition) is 2. The molecule has 3 nitrogen and oxygen atoms in total. The molecule has 0 radical (unpaired) electrons. The van der Waals surface area contributed by atoms with E-state index in [4.69, 9.17) is 11.6 Å². The smallest absolute Gasteiger partial charge is 0.252 e. The Balaban J connectivity index is 2.80. The van der Waals surface area contributed by atoms with Crippen molar-refractivity contribution in [1.82, 2.24) is 4.57 Å². The van der Waals surface area contributed by atoms with Gasteiger partial charge in [-0.25, -0.2) is 0 Å². The average molecular weight is 201 g/mol. The number of nitrogens with one attached hydrogen (secondary N) is 1. The molecule has 0 aliphatic carbocycles. The van der Waals surface area contributed by atoms with Crippen molar-refractivity contribution in [3.63, 3.8) is 0 Å². The summed E-state index contributed by atoms with van der Waals surface area (Å²) in [5.41, 5.74) is 0.794. The third kappa shape index (κ3) is 2.77. The molecular weight excluding hydrogens is 188 g/mol. The zero-order valence-corrected chi connectivity index (χ0v) is 8.51. The summed E-state index contributed by atoms with van der Waals surface area (Å²) in [6.07, 6.45) is 1.73. The average Bonchev–Trinajstić information content (AvgIpc) is 2.11. The Bertz CT molecular complexity index is 335. The van der Waals surface area contributed by atoms with Crippen LogP contribution in [0.3, 0.4) is 0 Å². The monoisotopic (exact) mass is 200 g/mol. The summed E-state index contributed by atoms with van der Waals surface area (Å²) in [4.78, 5) is 11.2. The van der Waals surface area contributed by atoms with E-state index >= 15 is 0 Å². The maximum Gasteiger partial charge on any atom is 0.252 e. The molecule has 0 amide bonds. The van der Waals surface area contributed by atoms with Crippen molar-refractivity contribution < 1.29 is 0 Å². The van der Waals surface area contributed by atoms with Gasteiger partial charge in [-0.15, -0.1) is 11.6 Å². The van der Waals surface area contributed by atoms with Crippen LogP contribution in [0.2, 0.25) is 0 Å². The highest BCUT2D eigenvalue weighted by atomic mass is 35.5. The molecule has 0 bridgehead atoms. The Morgan fingerprint density at radius 2 is 2.38 bits per heavy atom. The van der Waals surface area contributed by atoms with E-state index in [9.17, 15) is 4.79 Å². The second kappa shape index (κ2) is 4.33. The predicted octanol–water partition coefficient (Wildman–Crippen LogP) is 1.42. The van der Waals surface area contributed by atoms with Crippen LogP contribution in [0, 0.1) is 0 Å². The van der Waals surface area contributed by atoms with E-state index in [0.717, 1.165) is 5.69 Å². The van der Waals surface area contributed by atoms with E-state index in [1.165, 1.54) is 4.57 Å². The zero-order valence-electron chi connectivity index (χ0n) is 7.75. The first kappa shape index (κ1) is 10.1. The van der Waals surface area contributed by atoms with E-state index in [2.05, 4.69) is 5.32 Å². The van der Waals surface area contributed by atoms with Crippen LogP contribution in [-0.4, -0.2) is 16.5 Å². The molecule has 13 heavy (non-hydrogen) atoms. The van der Waals surface area contributed by atoms with Gasteiger partial charge in [0.1, 0.15) is 0 Å². The van der Waals surface area contributed by atoms with Crippen molar-refractivity contribution in [1.29, 1.82) is 0 Å². The number of rotatable bonds is 3. The number of alkyl halides is 1. The largest absolute Gasteiger partial charge is 0.381 e. The van der Waals surface area contributed by atoms with Crippen LogP contribution >= 0.6 is 11.6 Å². The summed E-state index contributed by atoms with van der Waals surface area (Å²) in [6, 6.07) is 3.59. The molecule has 1 unspecified atom stereocenters. The van der Waals surface area contributed by atoms with Gasteiger partial charge in [-0.1, -0.05) is 0 Å². The molecule has 1 aromatic rings. The van der Waals surface area contributed by atoms with Crippen LogP contribution in [0.25, 0.3) is 0 Å². The second-order valence-electron chi connectivity index (χ2n) is 3.06. The lowest BCUT2D eigenvalue weighted by Gasteiger charge is -2.11. The van der Waals surface area contributed by atoms with E-state index in [1.54, 1.807) is 19.3 Å². The predicted molar refractivity (Wildman–Crippen MR) is 55.5 cm³/mol. The number of nitrogens with zero attached hydrogens (tertiary/aromatic N) is 1. The maximum absolute atomic E-state index is 11.2. The van der Waals surface area contributed by atoms with Crippen molar-refractivity contribution in [2.75, 3.05) is 11.2 Å². The van der Waals surface area contributed by atoms with Crippen molar-refractivity contribution in [2.45, 2.75) is 13.0 Å². The van der Waals surface area contributed by atoms with Crippen LogP contribution in [0.1, 0.15) is 6.92 Å². The Morgan fingerprint density at radius 1 is 1.69 bits per heavy atom. The van der Waals surface area contributed by atoms with E-state index in [1.807, 2.05) is 13.0 Å². The molecule has 1 atom stereocenters.